The zero-order valence-electron chi connectivity index (χ0n) is 22.1. The van der Waals surface area contributed by atoms with Crippen LogP contribution in [0.15, 0.2) is 140 Å². The Balaban J connectivity index is 1.44. The molecule has 0 bridgehead atoms. The van der Waals surface area contributed by atoms with Crippen LogP contribution in [-0.4, -0.2) is 14.5 Å². The Morgan fingerprint density at radius 2 is 0.976 bits per heavy atom. The van der Waals surface area contributed by atoms with Crippen molar-refractivity contribution >= 4 is 32.8 Å². The maximum absolute atomic E-state index is 4.81. The molecule has 0 amide bonds. The van der Waals surface area contributed by atoms with E-state index in [1.54, 1.807) is 0 Å². The molecule has 9 rings (SSSR count). The third-order valence-corrected chi connectivity index (χ3v) is 8.48. The fourth-order valence-corrected chi connectivity index (χ4v) is 6.74. The van der Waals surface area contributed by atoms with Gasteiger partial charge in [0, 0.05) is 45.4 Å². The van der Waals surface area contributed by atoms with Crippen LogP contribution in [0, 0.1) is 0 Å². The molecule has 0 radical (unpaired) electrons. The van der Waals surface area contributed by atoms with Crippen molar-refractivity contribution in [2.45, 2.75) is 0 Å². The van der Waals surface area contributed by atoms with Crippen LogP contribution in [0.25, 0.3) is 83.0 Å². The lowest BCUT2D eigenvalue weighted by molar-refractivity contribution is 1.18. The van der Waals surface area contributed by atoms with Gasteiger partial charge in [0.1, 0.15) is 0 Å². The number of hydrogen-bond donors (Lipinski definition) is 0. The fourth-order valence-electron chi connectivity index (χ4n) is 6.74. The molecule has 3 heterocycles. The van der Waals surface area contributed by atoms with E-state index in [4.69, 9.17) is 4.98 Å². The summed E-state index contributed by atoms with van der Waals surface area (Å²) in [5, 5.41) is 3.58. The quantitative estimate of drug-likeness (QED) is 0.215. The maximum Gasteiger partial charge on any atom is 0.159 e. The normalized spacial score (nSPS) is 11.9. The lowest BCUT2D eigenvalue weighted by Gasteiger charge is -2.24. The van der Waals surface area contributed by atoms with Crippen molar-refractivity contribution in [1.82, 2.24) is 14.5 Å². The van der Waals surface area contributed by atoms with Crippen LogP contribution < -0.4 is 0 Å². The van der Waals surface area contributed by atoms with Gasteiger partial charge in [-0.05, 0) is 69.8 Å². The Morgan fingerprint density at radius 1 is 0.415 bits per heavy atom. The highest BCUT2D eigenvalue weighted by Crippen LogP contribution is 2.49. The highest BCUT2D eigenvalue weighted by molar-refractivity contribution is 6.12. The topological polar surface area (TPSA) is 30.7 Å². The number of nitrogens with zero attached hydrogens (tertiary/aromatic N) is 3. The summed E-state index contributed by atoms with van der Waals surface area (Å²) >= 11 is 0. The van der Waals surface area contributed by atoms with Gasteiger partial charge in [-0.2, -0.15) is 0 Å². The zero-order chi connectivity index (χ0) is 26.9. The lowest BCUT2D eigenvalue weighted by Crippen LogP contribution is -2.01. The first-order valence-electron chi connectivity index (χ1n) is 13.9. The number of pyridine rings is 2. The number of para-hydroxylation sites is 2. The van der Waals surface area contributed by atoms with Crippen LogP contribution in [0.4, 0.5) is 0 Å². The second kappa shape index (κ2) is 8.48. The van der Waals surface area contributed by atoms with Crippen molar-refractivity contribution in [2.75, 3.05) is 0 Å². The van der Waals surface area contributed by atoms with Crippen molar-refractivity contribution < 1.29 is 0 Å². The molecular formula is C38H23N3. The molecule has 0 spiro atoms. The SMILES string of the molecule is c1ccc2c(c1)-c1ccccc1-c1cnc3ncccc3c1-c1ccc(-n3c4ccccc4c4ccccc43)cc1-2. The van der Waals surface area contributed by atoms with E-state index >= 15 is 0 Å². The van der Waals surface area contributed by atoms with Gasteiger partial charge in [0.15, 0.2) is 5.65 Å². The minimum atomic E-state index is 0.759. The Morgan fingerprint density at radius 3 is 1.66 bits per heavy atom. The summed E-state index contributed by atoms with van der Waals surface area (Å²) in [4.78, 5) is 9.43. The standard InChI is InChI=1S/C38H23N3/c1-3-12-27-25(10-1)26-11-2-4-13-28(26)34-23-40-38-32(16-9-21-39-38)37(34)31-20-19-24(22-33(27)31)41-35-17-7-5-14-29(35)30-15-6-8-18-36(30)41/h1-23H. The number of benzene rings is 5. The van der Waals surface area contributed by atoms with E-state index in [9.17, 15) is 0 Å². The molecule has 41 heavy (non-hydrogen) atoms. The predicted molar refractivity (Wildman–Crippen MR) is 169 cm³/mol. The Kier molecular flexibility index (Phi) is 4.61. The molecule has 0 saturated heterocycles. The molecule has 8 aromatic rings. The van der Waals surface area contributed by atoms with Crippen LogP contribution in [-0.2, 0) is 0 Å². The van der Waals surface area contributed by atoms with E-state index in [-0.39, 0.29) is 0 Å². The lowest BCUT2D eigenvalue weighted by atomic mass is 9.80. The fraction of sp³-hybridized carbons (Fsp3) is 0. The minimum absolute atomic E-state index is 0.759. The molecule has 5 aromatic carbocycles. The van der Waals surface area contributed by atoms with Gasteiger partial charge < -0.3 is 4.57 Å². The van der Waals surface area contributed by atoms with Gasteiger partial charge >= 0.3 is 0 Å². The first kappa shape index (κ1) is 22.3. The number of aromatic nitrogens is 3. The summed E-state index contributed by atoms with van der Waals surface area (Å²) < 4.78 is 2.40. The molecule has 0 N–H and O–H groups in total. The molecule has 1 aliphatic rings. The Labute approximate surface area is 237 Å². The third kappa shape index (κ3) is 3.14. The highest BCUT2D eigenvalue weighted by atomic mass is 15.0. The van der Waals surface area contributed by atoms with E-state index in [0.29, 0.717) is 0 Å². The first-order valence-corrected chi connectivity index (χ1v) is 13.9. The van der Waals surface area contributed by atoms with Gasteiger partial charge in [0.2, 0.25) is 0 Å². The molecule has 0 saturated carbocycles. The summed E-state index contributed by atoms with van der Waals surface area (Å²) in [6, 6.07) is 45.9. The molecule has 0 atom stereocenters. The highest BCUT2D eigenvalue weighted by Gasteiger charge is 2.25. The van der Waals surface area contributed by atoms with Crippen LogP contribution in [0.3, 0.4) is 0 Å². The molecule has 3 aromatic heterocycles. The second-order valence-electron chi connectivity index (χ2n) is 10.6. The first-order chi connectivity index (χ1) is 20.4. The maximum atomic E-state index is 4.81. The predicted octanol–water partition coefficient (Wildman–Crippen LogP) is 9.71. The Bertz CT molecular complexity index is 2270. The van der Waals surface area contributed by atoms with Crippen molar-refractivity contribution in [2.24, 2.45) is 0 Å². The van der Waals surface area contributed by atoms with Crippen molar-refractivity contribution in [3.63, 3.8) is 0 Å². The molecule has 0 fully saturated rings. The molecule has 3 nitrogen and oxygen atoms in total. The smallest absolute Gasteiger partial charge is 0.159 e. The summed E-state index contributed by atoms with van der Waals surface area (Å²) in [7, 11) is 0. The van der Waals surface area contributed by atoms with E-state index in [1.807, 2.05) is 18.5 Å². The zero-order valence-corrected chi connectivity index (χ0v) is 22.1. The van der Waals surface area contributed by atoms with Gasteiger partial charge in [-0.1, -0.05) is 91.0 Å². The van der Waals surface area contributed by atoms with Crippen molar-refractivity contribution in [1.29, 1.82) is 0 Å². The number of fused-ring (bicyclic) bond motifs is 13. The summed E-state index contributed by atoms with van der Waals surface area (Å²) in [5.74, 6) is 0. The van der Waals surface area contributed by atoms with E-state index in [2.05, 4.69) is 131 Å². The van der Waals surface area contributed by atoms with Crippen LogP contribution in [0.1, 0.15) is 0 Å². The van der Waals surface area contributed by atoms with Crippen molar-refractivity contribution in [3.8, 4) is 50.2 Å². The minimum Gasteiger partial charge on any atom is -0.309 e. The van der Waals surface area contributed by atoms with Gasteiger partial charge in [0.05, 0.1) is 11.0 Å². The van der Waals surface area contributed by atoms with Crippen LogP contribution >= 0.6 is 0 Å². The van der Waals surface area contributed by atoms with E-state index in [0.717, 1.165) is 22.3 Å². The molecular weight excluding hydrogens is 498 g/mol. The van der Waals surface area contributed by atoms with Gasteiger partial charge in [-0.15, -0.1) is 0 Å². The number of hydrogen-bond acceptors (Lipinski definition) is 2. The van der Waals surface area contributed by atoms with Crippen LogP contribution in [0.2, 0.25) is 0 Å². The second-order valence-corrected chi connectivity index (χ2v) is 10.6. The Hall–Kier alpha value is -5.54. The summed E-state index contributed by atoms with van der Waals surface area (Å²) in [5.41, 5.74) is 13.8. The molecule has 1 aliphatic carbocycles. The average molecular weight is 522 g/mol. The van der Waals surface area contributed by atoms with Crippen molar-refractivity contribution in [3.05, 3.63) is 140 Å². The summed E-state index contributed by atoms with van der Waals surface area (Å²) in [6.07, 6.45) is 3.82. The monoisotopic (exact) mass is 521 g/mol. The van der Waals surface area contributed by atoms with Crippen LogP contribution in [0.5, 0.6) is 0 Å². The van der Waals surface area contributed by atoms with Gasteiger partial charge in [0.25, 0.3) is 0 Å². The molecule has 0 unspecified atom stereocenters. The molecule has 190 valence electrons. The van der Waals surface area contributed by atoms with Gasteiger partial charge in [-0.3, -0.25) is 0 Å². The largest absolute Gasteiger partial charge is 0.309 e. The molecule has 3 heteroatoms. The molecule has 0 aliphatic heterocycles. The third-order valence-electron chi connectivity index (χ3n) is 8.48. The summed E-state index contributed by atoms with van der Waals surface area (Å²) in [6.45, 7) is 0. The van der Waals surface area contributed by atoms with E-state index in [1.165, 1.54) is 60.8 Å². The van der Waals surface area contributed by atoms with Gasteiger partial charge in [-0.25, -0.2) is 9.97 Å². The number of rotatable bonds is 1. The van der Waals surface area contributed by atoms with E-state index < -0.39 is 0 Å². The average Bonchev–Trinajstić information content (AvgIpc) is 3.38.